The Morgan fingerprint density at radius 1 is 1.41 bits per heavy atom. The van der Waals surface area contributed by atoms with Gasteiger partial charge in [0.1, 0.15) is 11.7 Å². The summed E-state index contributed by atoms with van der Waals surface area (Å²) in [5, 5.41) is 7.46. The highest BCUT2D eigenvalue weighted by Crippen LogP contribution is 2.24. The van der Waals surface area contributed by atoms with E-state index in [4.69, 9.17) is 21.1 Å². The van der Waals surface area contributed by atoms with E-state index in [9.17, 15) is 4.79 Å². The maximum atomic E-state index is 12.2. The van der Waals surface area contributed by atoms with E-state index in [0.717, 1.165) is 5.56 Å². The minimum absolute atomic E-state index is 0.279. The van der Waals surface area contributed by atoms with Crippen LogP contribution in [0.25, 0.3) is 0 Å². The molecule has 0 aliphatic carbocycles. The van der Waals surface area contributed by atoms with Gasteiger partial charge in [-0.15, -0.1) is 5.10 Å². The van der Waals surface area contributed by atoms with Crippen LogP contribution in [0.5, 0.6) is 5.88 Å². The summed E-state index contributed by atoms with van der Waals surface area (Å²) >= 11 is 6.16. The summed E-state index contributed by atoms with van der Waals surface area (Å²) in [6.07, 6.45) is 1.27. The maximum Gasteiger partial charge on any atom is 0.258 e. The zero-order chi connectivity index (χ0) is 16.1. The summed E-state index contributed by atoms with van der Waals surface area (Å²) < 4.78 is 12.0. The number of aromatic nitrogens is 2. The average Bonchev–Trinajstić information content (AvgIpc) is 2.90. The van der Waals surface area contributed by atoms with Crippen LogP contribution in [0.3, 0.4) is 0 Å². The molecule has 1 N–H and O–H groups in total. The van der Waals surface area contributed by atoms with Gasteiger partial charge >= 0.3 is 0 Å². The van der Waals surface area contributed by atoms with Crippen molar-refractivity contribution in [3.8, 4) is 5.88 Å². The first-order chi connectivity index (χ1) is 10.6. The van der Waals surface area contributed by atoms with Crippen LogP contribution < -0.4 is 10.1 Å². The molecule has 0 saturated heterocycles. The number of benzene rings is 1. The first-order valence-corrected chi connectivity index (χ1v) is 7.07. The van der Waals surface area contributed by atoms with Gasteiger partial charge in [-0.25, -0.2) is 0 Å². The van der Waals surface area contributed by atoms with Gasteiger partial charge in [0.15, 0.2) is 0 Å². The molecule has 0 spiro atoms. The van der Waals surface area contributed by atoms with Crippen LogP contribution in [0, 0.1) is 0 Å². The number of carbonyl (C=O) groups excluding carboxylic acids is 1. The number of nitrogens with one attached hydrogen (secondary N) is 1. The smallest absolute Gasteiger partial charge is 0.258 e. The van der Waals surface area contributed by atoms with Gasteiger partial charge in [-0.1, -0.05) is 29.8 Å². The lowest BCUT2D eigenvalue weighted by molar-refractivity contribution is 0.0826. The van der Waals surface area contributed by atoms with Crippen molar-refractivity contribution in [3.05, 3.63) is 46.6 Å². The zero-order valence-corrected chi connectivity index (χ0v) is 13.4. The number of ether oxygens (including phenoxy) is 2. The number of halogens is 1. The quantitative estimate of drug-likeness (QED) is 0.885. The molecule has 0 radical (unpaired) electrons. The lowest BCUT2D eigenvalue weighted by atomic mass is 10.1. The molecule has 0 bridgehead atoms. The molecule has 1 aromatic carbocycles. The largest absolute Gasteiger partial charge is 0.479 e. The zero-order valence-electron chi connectivity index (χ0n) is 12.7. The van der Waals surface area contributed by atoms with Crippen LogP contribution in [0.15, 0.2) is 30.5 Å². The fourth-order valence-electron chi connectivity index (χ4n) is 2.11. The lowest BCUT2D eigenvalue weighted by Gasteiger charge is -2.17. The third-order valence-electron chi connectivity index (χ3n) is 3.22. The van der Waals surface area contributed by atoms with E-state index < -0.39 is 0 Å². The van der Waals surface area contributed by atoms with Crippen LogP contribution >= 0.6 is 11.6 Å². The molecule has 0 fully saturated rings. The van der Waals surface area contributed by atoms with Gasteiger partial charge in [0.05, 0.1) is 7.11 Å². The van der Waals surface area contributed by atoms with Crippen molar-refractivity contribution < 1.29 is 14.3 Å². The molecule has 118 valence electrons. The monoisotopic (exact) mass is 323 g/mol. The Hall–Kier alpha value is -2.05. The van der Waals surface area contributed by atoms with E-state index in [1.54, 1.807) is 26.4 Å². The Morgan fingerprint density at radius 2 is 2.14 bits per heavy atom. The fraction of sp³-hybridized carbons (Fsp3) is 0.333. The van der Waals surface area contributed by atoms with E-state index in [0.29, 0.717) is 10.6 Å². The van der Waals surface area contributed by atoms with Crippen molar-refractivity contribution in [1.82, 2.24) is 15.1 Å². The second-order valence-electron chi connectivity index (χ2n) is 4.68. The highest BCUT2D eigenvalue weighted by molar-refractivity contribution is 6.31. The number of rotatable bonds is 6. The summed E-state index contributed by atoms with van der Waals surface area (Å²) in [5.74, 6) is 0.00534. The van der Waals surface area contributed by atoms with Gasteiger partial charge in [-0.3, -0.25) is 9.48 Å². The second kappa shape index (κ2) is 7.29. The van der Waals surface area contributed by atoms with Crippen molar-refractivity contribution in [1.29, 1.82) is 0 Å². The number of methoxy groups -OCH3 is 2. The van der Waals surface area contributed by atoms with Crippen molar-refractivity contribution in [2.45, 2.75) is 6.10 Å². The van der Waals surface area contributed by atoms with E-state index in [2.05, 4.69) is 10.4 Å². The molecular formula is C15H18ClN3O3. The molecule has 2 aromatic rings. The number of amides is 1. The highest BCUT2D eigenvalue weighted by Gasteiger charge is 2.19. The molecule has 7 heteroatoms. The van der Waals surface area contributed by atoms with Gasteiger partial charge in [-0.05, 0) is 6.07 Å². The van der Waals surface area contributed by atoms with Crippen LogP contribution in [0.1, 0.15) is 22.0 Å². The Labute approximate surface area is 134 Å². The van der Waals surface area contributed by atoms with Crippen LogP contribution in [-0.2, 0) is 11.8 Å². The maximum absolute atomic E-state index is 12.2. The van der Waals surface area contributed by atoms with E-state index >= 15 is 0 Å². The average molecular weight is 324 g/mol. The fourth-order valence-corrected chi connectivity index (χ4v) is 2.37. The molecule has 22 heavy (non-hydrogen) atoms. The van der Waals surface area contributed by atoms with Gasteiger partial charge in [0.2, 0.25) is 5.88 Å². The van der Waals surface area contributed by atoms with E-state index in [-0.39, 0.29) is 24.4 Å². The Kier molecular flexibility index (Phi) is 5.41. The number of hydrogen-bond acceptors (Lipinski definition) is 4. The second-order valence-corrected chi connectivity index (χ2v) is 5.09. The number of nitrogens with zero attached hydrogens (tertiary/aromatic N) is 2. The van der Waals surface area contributed by atoms with Crippen molar-refractivity contribution in [2.75, 3.05) is 20.8 Å². The minimum atomic E-state index is -0.333. The molecule has 0 saturated carbocycles. The molecule has 1 aromatic heterocycles. The normalized spacial score (nSPS) is 12.0. The molecule has 1 amide bonds. The summed E-state index contributed by atoms with van der Waals surface area (Å²) in [5.41, 5.74) is 1.20. The summed E-state index contributed by atoms with van der Waals surface area (Å²) in [6.45, 7) is 0.289. The van der Waals surface area contributed by atoms with Gasteiger partial charge < -0.3 is 14.8 Å². The molecule has 0 aliphatic rings. The summed E-state index contributed by atoms with van der Waals surface area (Å²) in [4.78, 5) is 12.2. The van der Waals surface area contributed by atoms with Crippen molar-refractivity contribution >= 4 is 17.5 Å². The van der Waals surface area contributed by atoms with Crippen molar-refractivity contribution in [3.63, 3.8) is 0 Å². The predicted molar refractivity (Wildman–Crippen MR) is 83.3 cm³/mol. The minimum Gasteiger partial charge on any atom is -0.479 e. The number of aryl methyl sites for hydroxylation is 1. The molecule has 2 rings (SSSR count). The van der Waals surface area contributed by atoms with Gasteiger partial charge in [-0.2, -0.15) is 0 Å². The Balaban J connectivity index is 2.07. The molecule has 0 unspecified atom stereocenters. The Bertz CT molecular complexity index is 657. The standard InChI is InChI=1S/C15H18ClN3O3/c1-19-9-11(15(18-19)22-3)14(20)17-8-13(21-2)10-6-4-5-7-12(10)16/h4-7,9,13H,8H2,1-3H3,(H,17,20)/t13-/m0/s1. The first-order valence-electron chi connectivity index (χ1n) is 6.69. The third-order valence-corrected chi connectivity index (χ3v) is 3.56. The van der Waals surface area contributed by atoms with Crippen LogP contribution in [0.4, 0.5) is 0 Å². The van der Waals surface area contributed by atoms with Crippen molar-refractivity contribution in [2.24, 2.45) is 7.05 Å². The molecule has 1 atom stereocenters. The molecule has 6 nitrogen and oxygen atoms in total. The van der Waals surface area contributed by atoms with Crippen LogP contribution in [-0.4, -0.2) is 36.5 Å². The SMILES string of the molecule is COc1nn(C)cc1C(=O)NC[C@H](OC)c1ccccc1Cl. The third kappa shape index (κ3) is 3.58. The molecular weight excluding hydrogens is 306 g/mol. The van der Waals surface area contributed by atoms with E-state index in [1.165, 1.54) is 11.8 Å². The van der Waals surface area contributed by atoms with Gasteiger partial charge in [0.25, 0.3) is 5.91 Å². The summed E-state index contributed by atoms with van der Waals surface area (Å²) in [7, 11) is 4.77. The number of carbonyl (C=O) groups is 1. The highest BCUT2D eigenvalue weighted by atomic mass is 35.5. The first kappa shape index (κ1) is 16.3. The molecule has 1 heterocycles. The summed E-state index contributed by atoms with van der Waals surface area (Å²) in [6, 6.07) is 7.37. The predicted octanol–water partition coefficient (Wildman–Crippen LogP) is 2.20. The topological polar surface area (TPSA) is 65.4 Å². The number of hydrogen-bond donors (Lipinski definition) is 1. The molecule has 0 aliphatic heterocycles. The van der Waals surface area contributed by atoms with E-state index in [1.807, 2.05) is 18.2 Å². The van der Waals surface area contributed by atoms with Crippen LogP contribution in [0.2, 0.25) is 5.02 Å². The van der Waals surface area contributed by atoms with Gasteiger partial charge in [0, 0.05) is 37.5 Å². The lowest BCUT2D eigenvalue weighted by Crippen LogP contribution is -2.29. The Morgan fingerprint density at radius 3 is 2.77 bits per heavy atom.